The maximum atomic E-state index is 11.6. The molecule has 0 radical (unpaired) electrons. The van der Waals surface area contributed by atoms with Crippen LogP contribution in [0.3, 0.4) is 0 Å². The molecule has 0 unspecified atom stereocenters. The lowest BCUT2D eigenvalue weighted by atomic mass is 10.1. The molecule has 0 amide bonds. The van der Waals surface area contributed by atoms with Gasteiger partial charge in [-0.25, -0.2) is 4.79 Å². The van der Waals surface area contributed by atoms with Gasteiger partial charge in [0.1, 0.15) is 17.1 Å². The second-order valence-corrected chi connectivity index (χ2v) is 6.80. The first-order valence-electron chi connectivity index (χ1n) is 8.75. The van der Waals surface area contributed by atoms with Crippen molar-refractivity contribution in [2.75, 3.05) is 19.5 Å². The van der Waals surface area contributed by atoms with E-state index in [0.717, 1.165) is 33.7 Å². The number of thiocarbonyl (C=S) groups is 1. The van der Waals surface area contributed by atoms with Crippen LogP contribution in [0.25, 0.3) is 11.0 Å². The molecule has 0 aliphatic carbocycles. The molecule has 6 nitrogen and oxygen atoms in total. The molecule has 0 saturated heterocycles. The molecule has 1 aromatic heterocycles. The minimum absolute atomic E-state index is 0.120. The normalized spacial score (nSPS) is 11.7. The van der Waals surface area contributed by atoms with Crippen molar-refractivity contribution in [2.24, 2.45) is 0 Å². The number of anilines is 1. The minimum atomic E-state index is -0.374. The minimum Gasteiger partial charge on any atom is -0.497 e. The Morgan fingerprint density at radius 1 is 1.11 bits per heavy atom. The van der Waals surface area contributed by atoms with Crippen LogP contribution in [0.4, 0.5) is 5.69 Å². The number of methoxy groups -OCH3 is 2. The molecule has 7 heteroatoms. The van der Waals surface area contributed by atoms with Crippen molar-refractivity contribution in [2.45, 2.75) is 19.9 Å². The van der Waals surface area contributed by atoms with Crippen molar-refractivity contribution in [3.8, 4) is 11.5 Å². The lowest BCUT2D eigenvalue weighted by Gasteiger charge is -2.20. The molecule has 0 aliphatic rings. The van der Waals surface area contributed by atoms with Crippen molar-refractivity contribution in [3.63, 3.8) is 0 Å². The Morgan fingerprint density at radius 3 is 2.61 bits per heavy atom. The summed E-state index contributed by atoms with van der Waals surface area (Å²) in [6.07, 6.45) is 0. The molecule has 0 bridgehead atoms. The third-order valence-electron chi connectivity index (χ3n) is 4.46. The molecule has 2 aromatic carbocycles. The van der Waals surface area contributed by atoms with Gasteiger partial charge in [-0.2, -0.15) is 0 Å². The average Bonchev–Trinajstić information content (AvgIpc) is 2.66. The van der Waals surface area contributed by atoms with Gasteiger partial charge in [-0.05, 0) is 62.0 Å². The summed E-state index contributed by atoms with van der Waals surface area (Å²) in [5, 5.41) is 7.68. The highest BCUT2D eigenvalue weighted by Gasteiger charge is 2.14. The fraction of sp³-hybridized carbons (Fsp3) is 0.238. The fourth-order valence-electron chi connectivity index (χ4n) is 3.02. The lowest BCUT2D eigenvalue weighted by Crippen LogP contribution is -2.31. The van der Waals surface area contributed by atoms with Crippen molar-refractivity contribution in [1.29, 1.82) is 0 Å². The van der Waals surface area contributed by atoms with Gasteiger partial charge in [-0.1, -0.05) is 0 Å². The van der Waals surface area contributed by atoms with E-state index in [0.29, 0.717) is 10.7 Å². The van der Waals surface area contributed by atoms with Gasteiger partial charge in [0.25, 0.3) is 0 Å². The highest BCUT2D eigenvalue weighted by Crippen LogP contribution is 2.29. The molecule has 3 aromatic rings. The van der Waals surface area contributed by atoms with Crippen molar-refractivity contribution < 1.29 is 13.9 Å². The van der Waals surface area contributed by atoms with Crippen LogP contribution in [0, 0.1) is 6.92 Å². The number of hydrogen-bond donors (Lipinski definition) is 2. The van der Waals surface area contributed by atoms with Gasteiger partial charge in [0.15, 0.2) is 5.11 Å². The molecule has 2 N–H and O–H groups in total. The maximum absolute atomic E-state index is 11.6. The molecule has 1 atom stereocenters. The summed E-state index contributed by atoms with van der Waals surface area (Å²) >= 11 is 5.44. The molecule has 0 spiro atoms. The average molecular weight is 398 g/mol. The van der Waals surface area contributed by atoms with E-state index >= 15 is 0 Å². The van der Waals surface area contributed by atoms with Gasteiger partial charge in [-0.15, -0.1) is 0 Å². The smallest absolute Gasteiger partial charge is 0.336 e. The van der Waals surface area contributed by atoms with Crippen LogP contribution in [0.1, 0.15) is 24.1 Å². The first kappa shape index (κ1) is 19.7. The molecule has 146 valence electrons. The topological polar surface area (TPSA) is 72.7 Å². The van der Waals surface area contributed by atoms with Crippen molar-refractivity contribution >= 4 is 34.0 Å². The molecule has 0 saturated carbocycles. The van der Waals surface area contributed by atoms with Gasteiger partial charge in [-0.3, -0.25) is 0 Å². The quantitative estimate of drug-likeness (QED) is 0.494. The Morgan fingerprint density at radius 2 is 1.89 bits per heavy atom. The van der Waals surface area contributed by atoms with E-state index < -0.39 is 0 Å². The molecule has 0 fully saturated rings. The summed E-state index contributed by atoms with van der Waals surface area (Å²) in [4.78, 5) is 11.6. The van der Waals surface area contributed by atoms with E-state index in [4.69, 9.17) is 26.1 Å². The molecule has 0 aliphatic heterocycles. The van der Waals surface area contributed by atoms with Gasteiger partial charge in [0, 0.05) is 28.8 Å². The van der Waals surface area contributed by atoms with Crippen LogP contribution < -0.4 is 25.7 Å². The van der Waals surface area contributed by atoms with Crippen LogP contribution in [-0.2, 0) is 0 Å². The number of fused-ring (bicyclic) bond motifs is 1. The third-order valence-corrected chi connectivity index (χ3v) is 4.68. The monoisotopic (exact) mass is 398 g/mol. The largest absolute Gasteiger partial charge is 0.497 e. The van der Waals surface area contributed by atoms with Crippen molar-refractivity contribution in [3.05, 3.63) is 64.0 Å². The van der Waals surface area contributed by atoms with Crippen LogP contribution in [-0.4, -0.2) is 19.3 Å². The zero-order valence-corrected chi connectivity index (χ0v) is 17.0. The molecule has 1 heterocycles. The standard InChI is InChI=1S/C21H22N2O4S/c1-12-9-20(24)27-19-10-14(5-7-16(12)19)23-21(28)22-13(2)17-11-15(25-3)6-8-18(17)26-4/h5-11,13H,1-4H3,(H2,22,23,28)/t13-/m0/s1. The second-order valence-electron chi connectivity index (χ2n) is 6.39. The van der Waals surface area contributed by atoms with E-state index in [1.807, 2.05) is 44.2 Å². The highest BCUT2D eigenvalue weighted by atomic mass is 32.1. The van der Waals surface area contributed by atoms with Gasteiger partial charge < -0.3 is 24.5 Å². The summed E-state index contributed by atoms with van der Waals surface area (Å²) in [6, 6.07) is 12.5. The zero-order chi connectivity index (χ0) is 20.3. The van der Waals surface area contributed by atoms with Crippen LogP contribution in [0.15, 0.2) is 51.7 Å². The predicted octanol–water partition coefficient (Wildman–Crippen LogP) is 4.17. The molecule has 3 rings (SSSR count). The van der Waals surface area contributed by atoms with Crippen LogP contribution in [0.2, 0.25) is 0 Å². The zero-order valence-electron chi connectivity index (χ0n) is 16.2. The van der Waals surface area contributed by atoms with Gasteiger partial charge in [0.2, 0.25) is 0 Å². The third kappa shape index (κ3) is 4.26. The summed E-state index contributed by atoms with van der Waals surface area (Å²) in [7, 11) is 3.25. The summed E-state index contributed by atoms with van der Waals surface area (Å²) in [5.41, 5.74) is 2.66. The van der Waals surface area contributed by atoms with E-state index in [1.165, 1.54) is 6.07 Å². The second kappa shape index (κ2) is 8.31. The van der Waals surface area contributed by atoms with E-state index in [-0.39, 0.29) is 11.7 Å². The number of aryl methyl sites for hydroxylation is 1. The Kier molecular flexibility index (Phi) is 5.84. The Balaban J connectivity index is 1.77. The molecule has 28 heavy (non-hydrogen) atoms. The number of nitrogens with one attached hydrogen (secondary N) is 2. The predicted molar refractivity (Wildman–Crippen MR) is 115 cm³/mol. The van der Waals surface area contributed by atoms with E-state index in [2.05, 4.69) is 10.6 Å². The molecular formula is C21H22N2O4S. The number of ether oxygens (including phenoxy) is 2. The SMILES string of the molecule is COc1ccc(OC)c([C@H](C)NC(=S)Nc2ccc3c(C)cc(=O)oc3c2)c1. The van der Waals surface area contributed by atoms with Crippen LogP contribution in [0.5, 0.6) is 11.5 Å². The Bertz CT molecular complexity index is 1080. The number of benzene rings is 2. The maximum Gasteiger partial charge on any atom is 0.336 e. The van der Waals surface area contributed by atoms with Crippen molar-refractivity contribution in [1.82, 2.24) is 5.32 Å². The summed E-state index contributed by atoms with van der Waals surface area (Å²) in [6.45, 7) is 3.86. The molecular weight excluding hydrogens is 376 g/mol. The fourth-order valence-corrected chi connectivity index (χ4v) is 3.32. The van der Waals surface area contributed by atoms with E-state index in [9.17, 15) is 4.79 Å². The Hall–Kier alpha value is -3.06. The number of hydrogen-bond acceptors (Lipinski definition) is 5. The lowest BCUT2D eigenvalue weighted by molar-refractivity contribution is 0.395. The highest BCUT2D eigenvalue weighted by molar-refractivity contribution is 7.80. The first-order chi connectivity index (χ1) is 13.4. The van der Waals surface area contributed by atoms with Gasteiger partial charge in [0.05, 0.1) is 20.3 Å². The summed E-state index contributed by atoms with van der Waals surface area (Å²) in [5.74, 6) is 1.48. The number of rotatable bonds is 5. The van der Waals surface area contributed by atoms with Crippen LogP contribution >= 0.6 is 12.2 Å². The first-order valence-corrected chi connectivity index (χ1v) is 9.16. The summed E-state index contributed by atoms with van der Waals surface area (Å²) < 4.78 is 16.0. The van der Waals surface area contributed by atoms with Gasteiger partial charge >= 0.3 is 5.63 Å². The van der Waals surface area contributed by atoms with E-state index in [1.54, 1.807) is 20.3 Å². The Labute approximate surface area is 168 Å².